The Morgan fingerprint density at radius 1 is 1.22 bits per heavy atom. The lowest BCUT2D eigenvalue weighted by Crippen LogP contribution is -2.37. The highest BCUT2D eigenvalue weighted by molar-refractivity contribution is 5.06. The molecular weight excluding hydrogens is 232 g/mol. The summed E-state index contributed by atoms with van der Waals surface area (Å²) < 4.78 is 21.9. The van der Waals surface area contributed by atoms with E-state index < -0.39 is 0 Å². The van der Waals surface area contributed by atoms with E-state index in [0.717, 1.165) is 0 Å². The lowest BCUT2D eigenvalue weighted by atomic mass is 10.1. The fourth-order valence-corrected chi connectivity index (χ4v) is 1.57. The van der Waals surface area contributed by atoms with Crippen molar-refractivity contribution < 1.29 is 18.9 Å². The van der Waals surface area contributed by atoms with Crippen LogP contribution in [0.2, 0.25) is 0 Å². The van der Waals surface area contributed by atoms with Crippen LogP contribution in [-0.4, -0.2) is 44.9 Å². The Morgan fingerprint density at radius 2 is 2.06 bits per heavy atom. The van der Waals surface area contributed by atoms with Crippen LogP contribution in [0.4, 0.5) is 0 Å². The molecule has 0 aromatic rings. The molecule has 4 nitrogen and oxygen atoms in total. The summed E-state index contributed by atoms with van der Waals surface area (Å²) in [4.78, 5) is 0. The van der Waals surface area contributed by atoms with Gasteiger partial charge in [0.1, 0.15) is 12.2 Å². The molecular formula is C14H22O4. The van der Waals surface area contributed by atoms with E-state index in [1.807, 2.05) is 19.1 Å². The van der Waals surface area contributed by atoms with Gasteiger partial charge in [-0.1, -0.05) is 18.2 Å². The second kappa shape index (κ2) is 9.05. The van der Waals surface area contributed by atoms with E-state index in [9.17, 15) is 0 Å². The van der Waals surface area contributed by atoms with Crippen LogP contribution in [0.5, 0.6) is 0 Å². The van der Waals surface area contributed by atoms with Gasteiger partial charge in [0.25, 0.3) is 0 Å². The molecule has 18 heavy (non-hydrogen) atoms. The molecule has 0 saturated carbocycles. The Labute approximate surface area is 109 Å². The minimum absolute atomic E-state index is 0.132. The third kappa shape index (κ3) is 5.14. The van der Waals surface area contributed by atoms with Gasteiger partial charge in [0.2, 0.25) is 0 Å². The van der Waals surface area contributed by atoms with Gasteiger partial charge in [-0.3, -0.25) is 0 Å². The lowest BCUT2D eigenvalue weighted by Gasteiger charge is -2.30. The maximum Gasteiger partial charge on any atom is 0.177 e. The zero-order chi connectivity index (χ0) is 13.2. The topological polar surface area (TPSA) is 36.9 Å². The summed E-state index contributed by atoms with van der Waals surface area (Å²) in [6.45, 7) is 11.6. The van der Waals surface area contributed by atoms with Crippen LogP contribution in [0.15, 0.2) is 37.5 Å². The minimum atomic E-state index is -0.364. The lowest BCUT2D eigenvalue weighted by molar-refractivity contribution is -0.167. The van der Waals surface area contributed by atoms with E-state index in [4.69, 9.17) is 18.9 Å². The number of hydrogen-bond donors (Lipinski definition) is 0. The summed E-state index contributed by atoms with van der Waals surface area (Å²) in [6, 6.07) is 0. The first-order valence-corrected chi connectivity index (χ1v) is 6.20. The molecule has 0 bridgehead atoms. The van der Waals surface area contributed by atoms with E-state index >= 15 is 0 Å². The van der Waals surface area contributed by atoms with Crippen molar-refractivity contribution in [3.63, 3.8) is 0 Å². The molecule has 0 N–H and O–H groups in total. The molecule has 0 fully saturated rings. The minimum Gasteiger partial charge on any atom is -0.379 e. The third-order valence-electron chi connectivity index (χ3n) is 2.43. The molecule has 3 atom stereocenters. The van der Waals surface area contributed by atoms with Gasteiger partial charge in [0, 0.05) is 6.61 Å². The predicted octanol–water partition coefficient (Wildman–Crippen LogP) is 2.08. The van der Waals surface area contributed by atoms with Crippen LogP contribution in [0.25, 0.3) is 0 Å². The van der Waals surface area contributed by atoms with Crippen molar-refractivity contribution >= 4 is 0 Å². The third-order valence-corrected chi connectivity index (χ3v) is 2.43. The largest absolute Gasteiger partial charge is 0.379 e. The van der Waals surface area contributed by atoms with Crippen molar-refractivity contribution in [2.45, 2.75) is 25.4 Å². The fourth-order valence-electron chi connectivity index (χ4n) is 1.57. The van der Waals surface area contributed by atoms with Gasteiger partial charge in [-0.2, -0.15) is 0 Å². The fraction of sp³-hybridized carbons (Fsp3) is 0.571. The zero-order valence-corrected chi connectivity index (χ0v) is 10.9. The smallest absolute Gasteiger partial charge is 0.177 e. The Balaban J connectivity index is 2.36. The average Bonchev–Trinajstić information content (AvgIpc) is 2.41. The van der Waals surface area contributed by atoms with E-state index in [2.05, 4.69) is 13.2 Å². The van der Waals surface area contributed by atoms with Gasteiger partial charge in [-0.25, -0.2) is 0 Å². The Hall–Kier alpha value is -0.940. The van der Waals surface area contributed by atoms with Gasteiger partial charge in [-0.15, -0.1) is 13.2 Å². The highest BCUT2D eigenvalue weighted by Crippen LogP contribution is 2.17. The van der Waals surface area contributed by atoms with E-state index in [-0.39, 0.29) is 18.5 Å². The number of rotatable bonds is 9. The molecule has 1 aliphatic rings. The Kier molecular flexibility index (Phi) is 7.60. The van der Waals surface area contributed by atoms with E-state index in [1.165, 1.54) is 0 Å². The normalized spacial score (nSPS) is 27.1. The molecule has 0 aliphatic carbocycles. The van der Waals surface area contributed by atoms with Gasteiger partial charge in [0.15, 0.2) is 6.29 Å². The summed E-state index contributed by atoms with van der Waals surface area (Å²) in [5, 5.41) is 0. The molecule has 1 aliphatic heterocycles. The van der Waals surface area contributed by atoms with Crippen molar-refractivity contribution in [1.29, 1.82) is 0 Å². The van der Waals surface area contributed by atoms with Crippen LogP contribution in [-0.2, 0) is 18.9 Å². The van der Waals surface area contributed by atoms with Crippen LogP contribution in [0.3, 0.4) is 0 Å². The summed E-state index contributed by atoms with van der Waals surface area (Å²) in [6.07, 6.45) is 6.51. The molecule has 1 rings (SSSR count). The second-order valence-corrected chi connectivity index (χ2v) is 3.74. The van der Waals surface area contributed by atoms with Crippen molar-refractivity contribution in [2.75, 3.05) is 26.4 Å². The highest BCUT2D eigenvalue weighted by atomic mass is 16.7. The highest BCUT2D eigenvalue weighted by Gasteiger charge is 2.25. The van der Waals surface area contributed by atoms with Crippen molar-refractivity contribution in [1.82, 2.24) is 0 Å². The first-order chi connectivity index (χ1) is 8.81. The molecule has 102 valence electrons. The van der Waals surface area contributed by atoms with Crippen LogP contribution >= 0.6 is 0 Å². The summed E-state index contributed by atoms with van der Waals surface area (Å²) in [5.74, 6) is 0. The molecule has 0 saturated heterocycles. The molecule has 4 heteroatoms. The number of hydrogen-bond acceptors (Lipinski definition) is 4. The molecule has 0 radical (unpaired) electrons. The van der Waals surface area contributed by atoms with Gasteiger partial charge >= 0.3 is 0 Å². The predicted molar refractivity (Wildman–Crippen MR) is 70.4 cm³/mol. The van der Waals surface area contributed by atoms with Crippen molar-refractivity contribution in [3.05, 3.63) is 37.5 Å². The zero-order valence-electron chi connectivity index (χ0n) is 10.9. The van der Waals surface area contributed by atoms with Gasteiger partial charge in [-0.05, 0) is 13.0 Å². The summed E-state index contributed by atoms with van der Waals surface area (Å²) in [5.41, 5.74) is 0. The first kappa shape index (κ1) is 15.1. The van der Waals surface area contributed by atoms with E-state index in [0.29, 0.717) is 26.4 Å². The van der Waals surface area contributed by atoms with Crippen molar-refractivity contribution in [3.8, 4) is 0 Å². The van der Waals surface area contributed by atoms with Crippen molar-refractivity contribution in [2.24, 2.45) is 0 Å². The van der Waals surface area contributed by atoms with Crippen LogP contribution in [0.1, 0.15) is 6.92 Å². The number of ether oxygens (including phenoxy) is 4. The Bertz CT molecular complexity index is 275. The van der Waals surface area contributed by atoms with E-state index in [1.54, 1.807) is 12.2 Å². The van der Waals surface area contributed by atoms with Crippen LogP contribution < -0.4 is 0 Å². The maximum absolute atomic E-state index is 5.68. The Morgan fingerprint density at radius 3 is 2.72 bits per heavy atom. The molecule has 1 unspecified atom stereocenters. The first-order valence-electron chi connectivity index (χ1n) is 6.20. The average molecular weight is 254 g/mol. The maximum atomic E-state index is 5.68. The second-order valence-electron chi connectivity index (χ2n) is 3.74. The summed E-state index contributed by atoms with van der Waals surface area (Å²) >= 11 is 0. The SMILES string of the molecule is C=CCO[C@H]1C=CC(OCCOCC)O[C@@H]1C=C. The summed E-state index contributed by atoms with van der Waals surface area (Å²) in [7, 11) is 0. The van der Waals surface area contributed by atoms with Gasteiger partial charge < -0.3 is 18.9 Å². The molecule has 0 spiro atoms. The molecule has 0 aromatic carbocycles. The molecule has 1 heterocycles. The monoisotopic (exact) mass is 254 g/mol. The van der Waals surface area contributed by atoms with Crippen LogP contribution in [0, 0.1) is 0 Å². The molecule has 0 amide bonds. The standard InChI is InChI=1S/C14H22O4/c1-4-9-16-13-7-8-14(18-12(13)5-2)17-11-10-15-6-3/h4-5,7-8,12-14H,1-2,6,9-11H2,3H3/t12-,13+,14?/m1/s1. The quantitative estimate of drug-likeness (QED) is 0.466. The van der Waals surface area contributed by atoms with Gasteiger partial charge in [0.05, 0.1) is 19.8 Å². The molecule has 0 aromatic heterocycles.